The summed E-state index contributed by atoms with van der Waals surface area (Å²) in [5.74, 6) is -1.17. The molecule has 0 bridgehead atoms. The van der Waals surface area contributed by atoms with E-state index in [0.717, 1.165) is 16.9 Å². The molecule has 3 N–H and O–H groups in total. The van der Waals surface area contributed by atoms with E-state index in [1.165, 1.54) is 12.1 Å². The molecular formula is C11H8F3N3O2. The number of aromatic nitrogens is 2. The molecule has 0 radical (unpaired) electrons. The average molecular weight is 271 g/mol. The van der Waals surface area contributed by atoms with E-state index < -0.39 is 17.7 Å². The molecular weight excluding hydrogens is 263 g/mol. The Kier molecular flexibility index (Phi) is 2.93. The fourth-order valence-corrected chi connectivity index (χ4v) is 1.50. The first-order chi connectivity index (χ1) is 8.79. The maximum atomic E-state index is 12.4. The van der Waals surface area contributed by atoms with E-state index in [1.54, 1.807) is 0 Å². The number of nitrogens with two attached hydrogens (primary N) is 1. The van der Waals surface area contributed by atoms with Crippen molar-refractivity contribution < 1.29 is 23.1 Å². The van der Waals surface area contributed by atoms with E-state index in [9.17, 15) is 18.0 Å². The highest BCUT2D eigenvalue weighted by molar-refractivity contribution is 5.89. The summed E-state index contributed by atoms with van der Waals surface area (Å²) in [7, 11) is 0. The van der Waals surface area contributed by atoms with Crippen LogP contribution in [-0.2, 0) is 6.18 Å². The van der Waals surface area contributed by atoms with Gasteiger partial charge in [-0.25, -0.2) is 9.48 Å². The Hall–Kier alpha value is -2.51. The van der Waals surface area contributed by atoms with Gasteiger partial charge < -0.3 is 10.8 Å². The van der Waals surface area contributed by atoms with Gasteiger partial charge in [-0.05, 0) is 18.2 Å². The molecule has 0 atom stereocenters. The number of nitrogens with zero attached hydrogens (tertiary/aromatic N) is 2. The summed E-state index contributed by atoms with van der Waals surface area (Å²) in [6.45, 7) is 0. The number of halogens is 3. The first-order valence-corrected chi connectivity index (χ1v) is 5.04. The minimum atomic E-state index is -4.49. The van der Waals surface area contributed by atoms with Crippen LogP contribution in [0.1, 0.15) is 15.9 Å². The van der Waals surface area contributed by atoms with E-state index in [2.05, 4.69) is 5.10 Å². The van der Waals surface area contributed by atoms with Crippen molar-refractivity contribution in [2.75, 3.05) is 5.73 Å². The fraction of sp³-hybridized carbons (Fsp3) is 0.0909. The Morgan fingerprint density at radius 3 is 2.53 bits per heavy atom. The Labute approximate surface area is 105 Å². The Morgan fingerprint density at radius 2 is 2.05 bits per heavy atom. The molecule has 0 saturated heterocycles. The second kappa shape index (κ2) is 4.30. The molecule has 0 aliphatic carbocycles. The molecule has 5 nitrogen and oxygen atoms in total. The van der Waals surface area contributed by atoms with Crippen molar-refractivity contribution >= 4 is 11.7 Å². The number of hydrogen-bond donors (Lipinski definition) is 2. The number of hydrogen-bond acceptors (Lipinski definition) is 3. The van der Waals surface area contributed by atoms with Gasteiger partial charge in [-0.2, -0.15) is 18.3 Å². The molecule has 1 aromatic carbocycles. The van der Waals surface area contributed by atoms with Crippen LogP contribution in [0.25, 0.3) is 5.69 Å². The zero-order valence-corrected chi connectivity index (χ0v) is 9.35. The van der Waals surface area contributed by atoms with E-state index in [4.69, 9.17) is 10.8 Å². The minimum Gasteiger partial charge on any atom is -0.478 e. The average Bonchev–Trinajstić information content (AvgIpc) is 2.77. The SMILES string of the molecule is Nc1cc(C(=O)O)ccc1-n1cc(C(F)(F)F)cn1. The lowest BCUT2D eigenvalue weighted by Gasteiger charge is -2.06. The Morgan fingerprint density at radius 1 is 1.37 bits per heavy atom. The summed E-state index contributed by atoms with van der Waals surface area (Å²) in [6, 6.07) is 3.70. The van der Waals surface area contributed by atoms with Crippen molar-refractivity contribution in [3.05, 3.63) is 41.7 Å². The minimum absolute atomic E-state index is 0.0247. The third kappa shape index (κ3) is 2.51. The zero-order valence-electron chi connectivity index (χ0n) is 9.35. The number of anilines is 1. The molecule has 0 amide bonds. The molecule has 0 aliphatic rings. The normalized spacial score (nSPS) is 11.5. The summed E-state index contributed by atoms with van der Waals surface area (Å²) >= 11 is 0. The van der Waals surface area contributed by atoms with Crippen molar-refractivity contribution in [3.63, 3.8) is 0 Å². The highest BCUT2D eigenvalue weighted by atomic mass is 19.4. The molecule has 0 spiro atoms. The highest BCUT2D eigenvalue weighted by Gasteiger charge is 2.32. The number of benzene rings is 1. The van der Waals surface area contributed by atoms with Crippen molar-refractivity contribution in [2.24, 2.45) is 0 Å². The largest absolute Gasteiger partial charge is 0.478 e. The van der Waals surface area contributed by atoms with E-state index in [0.29, 0.717) is 6.20 Å². The molecule has 2 aromatic rings. The second-order valence-corrected chi connectivity index (χ2v) is 3.75. The molecule has 0 saturated carbocycles. The molecule has 0 aliphatic heterocycles. The predicted molar refractivity (Wildman–Crippen MR) is 59.9 cm³/mol. The number of alkyl halides is 3. The maximum Gasteiger partial charge on any atom is 0.419 e. The maximum absolute atomic E-state index is 12.4. The number of aromatic carboxylic acids is 1. The van der Waals surface area contributed by atoms with Gasteiger partial charge in [0, 0.05) is 6.20 Å². The van der Waals surface area contributed by atoms with Crippen molar-refractivity contribution in [1.29, 1.82) is 0 Å². The van der Waals surface area contributed by atoms with Gasteiger partial charge >= 0.3 is 12.1 Å². The van der Waals surface area contributed by atoms with E-state index in [-0.39, 0.29) is 16.9 Å². The Balaban J connectivity index is 2.43. The van der Waals surface area contributed by atoms with Gasteiger partial charge in [0.2, 0.25) is 0 Å². The van der Waals surface area contributed by atoms with E-state index >= 15 is 0 Å². The van der Waals surface area contributed by atoms with Gasteiger partial charge in [-0.15, -0.1) is 0 Å². The number of nitrogen functional groups attached to an aromatic ring is 1. The lowest BCUT2D eigenvalue weighted by atomic mass is 10.2. The standard InChI is InChI=1S/C11H8F3N3O2/c12-11(13,14)7-4-16-17(5-7)9-2-1-6(10(18)19)3-8(9)15/h1-5H,15H2,(H,18,19). The van der Waals surface area contributed by atoms with Crippen LogP contribution in [0.4, 0.5) is 18.9 Å². The molecule has 100 valence electrons. The third-order valence-corrected chi connectivity index (χ3v) is 2.43. The van der Waals surface area contributed by atoms with Crippen molar-refractivity contribution in [1.82, 2.24) is 9.78 Å². The highest BCUT2D eigenvalue weighted by Crippen LogP contribution is 2.29. The van der Waals surface area contributed by atoms with E-state index in [1.807, 2.05) is 0 Å². The smallest absolute Gasteiger partial charge is 0.419 e. The Bertz CT molecular complexity index is 634. The molecule has 0 unspecified atom stereocenters. The first kappa shape index (κ1) is 12.9. The monoisotopic (exact) mass is 271 g/mol. The van der Waals surface area contributed by atoms with Gasteiger partial charge in [0.15, 0.2) is 0 Å². The van der Waals surface area contributed by atoms with Gasteiger partial charge in [-0.1, -0.05) is 0 Å². The van der Waals surface area contributed by atoms with Gasteiger partial charge in [0.25, 0.3) is 0 Å². The number of rotatable bonds is 2. The lowest BCUT2D eigenvalue weighted by Crippen LogP contribution is -2.05. The van der Waals surface area contributed by atoms with Crippen molar-refractivity contribution in [3.8, 4) is 5.69 Å². The number of carbonyl (C=O) groups is 1. The summed E-state index contributed by atoms with van der Waals surface area (Å²) in [6.07, 6.45) is -3.04. The number of carboxylic acids is 1. The topological polar surface area (TPSA) is 81.1 Å². The van der Waals surface area contributed by atoms with Crippen LogP contribution < -0.4 is 5.73 Å². The van der Waals surface area contributed by atoms with Crippen LogP contribution in [0.2, 0.25) is 0 Å². The van der Waals surface area contributed by atoms with Crippen LogP contribution in [-0.4, -0.2) is 20.9 Å². The third-order valence-electron chi connectivity index (χ3n) is 2.43. The van der Waals surface area contributed by atoms with Crippen LogP contribution in [0.3, 0.4) is 0 Å². The summed E-state index contributed by atoms with van der Waals surface area (Å²) in [5.41, 5.74) is 4.85. The summed E-state index contributed by atoms with van der Waals surface area (Å²) in [5, 5.41) is 12.3. The molecule has 8 heteroatoms. The van der Waals surface area contributed by atoms with Gasteiger partial charge in [0.1, 0.15) is 0 Å². The van der Waals surface area contributed by atoms with Crippen molar-refractivity contribution in [2.45, 2.75) is 6.18 Å². The van der Waals surface area contributed by atoms with Crippen LogP contribution >= 0.6 is 0 Å². The predicted octanol–water partition coefficient (Wildman–Crippen LogP) is 2.17. The van der Waals surface area contributed by atoms with Crippen LogP contribution in [0.5, 0.6) is 0 Å². The quantitative estimate of drug-likeness (QED) is 0.820. The molecule has 1 heterocycles. The summed E-state index contributed by atoms with van der Waals surface area (Å²) in [4.78, 5) is 10.7. The molecule has 1 aromatic heterocycles. The zero-order chi connectivity index (χ0) is 14.2. The molecule has 2 rings (SSSR count). The van der Waals surface area contributed by atoms with Gasteiger partial charge in [0.05, 0.1) is 28.7 Å². The van der Waals surface area contributed by atoms with Crippen LogP contribution in [0, 0.1) is 0 Å². The van der Waals surface area contributed by atoms with Gasteiger partial charge in [-0.3, -0.25) is 0 Å². The fourth-order valence-electron chi connectivity index (χ4n) is 1.50. The second-order valence-electron chi connectivity index (χ2n) is 3.75. The molecule has 19 heavy (non-hydrogen) atoms. The number of carboxylic acid groups (broad SMARTS) is 1. The van der Waals surface area contributed by atoms with Crippen LogP contribution in [0.15, 0.2) is 30.6 Å². The first-order valence-electron chi connectivity index (χ1n) is 5.04. The summed E-state index contributed by atoms with van der Waals surface area (Å²) < 4.78 is 38.2. The molecule has 0 fully saturated rings. The lowest BCUT2D eigenvalue weighted by molar-refractivity contribution is -0.137.